The maximum Gasteiger partial charge on any atom is 0.291 e. The number of fused-ring (bicyclic) bond motifs is 1. The highest BCUT2D eigenvalue weighted by molar-refractivity contribution is 5.91. The summed E-state index contributed by atoms with van der Waals surface area (Å²) in [4.78, 5) is 18.1. The predicted octanol–water partition coefficient (Wildman–Crippen LogP) is 0.154. The fraction of sp³-hybridized carbons (Fsp3) is 0.455. The zero-order valence-electron chi connectivity index (χ0n) is 10.4. The third kappa shape index (κ3) is 1.43. The zero-order valence-corrected chi connectivity index (χ0v) is 10.4. The lowest BCUT2D eigenvalue weighted by atomic mass is 10.3. The van der Waals surface area contributed by atoms with Gasteiger partial charge in [-0.1, -0.05) is 0 Å². The quantitative estimate of drug-likeness (QED) is 0.756. The molecule has 0 saturated carbocycles. The molecule has 0 fully saturated rings. The van der Waals surface area contributed by atoms with Crippen LogP contribution in [0, 0.1) is 0 Å². The second-order valence-electron chi connectivity index (χ2n) is 4.25. The SMILES string of the molecule is CCN1CCn2c(nnc2-c2nccn2C)C1=O. The molecule has 0 aliphatic carbocycles. The summed E-state index contributed by atoms with van der Waals surface area (Å²) in [5.74, 6) is 1.73. The van der Waals surface area contributed by atoms with Gasteiger partial charge in [-0.25, -0.2) is 4.98 Å². The Hall–Kier alpha value is -2.18. The van der Waals surface area contributed by atoms with E-state index in [1.807, 2.05) is 29.3 Å². The number of imidazole rings is 1. The van der Waals surface area contributed by atoms with E-state index in [1.165, 1.54) is 0 Å². The number of aromatic nitrogens is 5. The highest BCUT2D eigenvalue weighted by Crippen LogP contribution is 2.19. The van der Waals surface area contributed by atoms with E-state index in [0.717, 1.165) is 5.82 Å². The Kier molecular flexibility index (Phi) is 2.39. The maximum atomic E-state index is 12.1. The van der Waals surface area contributed by atoms with Gasteiger partial charge < -0.3 is 9.47 Å². The average molecular weight is 246 g/mol. The fourth-order valence-electron chi connectivity index (χ4n) is 2.18. The van der Waals surface area contributed by atoms with Gasteiger partial charge in [-0.05, 0) is 6.92 Å². The monoisotopic (exact) mass is 246 g/mol. The van der Waals surface area contributed by atoms with E-state index in [1.54, 1.807) is 11.1 Å². The first-order valence-corrected chi connectivity index (χ1v) is 5.92. The van der Waals surface area contributed by atoms with Crippen molar-refractivity contribution in [1.82, 2.24) is 29.2 Å². The van der Waals surface area contributed by atoms with Crippen LogP contribution in [-0.4, -0.2) is 48.2 Å². The molecule has 0 saturated heterocycles. The van der Waals surface area contributed by atoms with Crippen molar-refractivity contribution in [3.63, 3.8) is 0 Å². The first-order chi connectivity index (χ1) is 8.72. The third-order valence-corrected chi connectivity index (χ3v) is 3.23. The van der Waals surface area contributed by atoms with Crippen LogP contribution in [-0.2, 0) is 13.6 Å². The molecule has 1 aliphatic rings. The Morgan fingerprint density at radius 1 is 1.22 bits per heavy atom. The van der Waals surface area contributed by atoms with Gasteiger partial charge in [0.25, 0.3) is 5.91 Å². The van der Waals surface area contributed by atoms with Gasteiger partial charge in [0.1, 0.15) is 0 Å². The van der Waals surface area contributed by atoms with Crippen LogP contribution in [0.3, 0.4) is 0 Å². The molecular formula is C11H14N6O. The summed E-state index contributed by atoms with van der Waals surface area (Å²) in [7, 11) is 1.90. The van der Waals surface area contributed by atoms with Crippen molar-refractivity contribution >= 4 is 5.91 Å². The van der Waals surface area contributed by atoms with Gasteiger partial charge in [0.05, 0.1) is 0 Å². The van der Waals surface area contributed by atoms with Crippen LogP contribution in [0.2, 0.25) is 0 Å². The number of hydrogen-bond donors (Lipinski definition) is 0. The summed E-state index contributed by atoms with van der Waals surface area (Å²) < 4.78 is 3.71. The number of carbonyl (C=O) groups is 1. The molecule has 3 heterocycles. The molecule has 0 atom stereocenters. The maximum absolute atomic E-state index is 12.1. The number of likely N-dealkylation sites (N-methyl/N-ethyl adjacent to an activating group) is 1. The molecule has 3 rings (SSSR count). The van der Waals surface area contributed by atoms with E-state index in [-0.39, 0.29) is 5.91 Å². The normalized spacial score (nSPS) is 15.0. The number of nitrogens with zero attached hydrogens (tertiary/aromatic N) is 6. The van der Waals surface area contributed by atoms with Gasteiger partial charge in [0.15, 0.2) is 5.82 Å². The first kappa shape index (κ1) is 10.9. The standard InChI is InChI=1S/C11H14N6O/c1-3-16-6-7-17-9(8-12-4-5-15(8)2)13-14-10(17)11(16)18/h4-5H,3,6-7H2,1-2H3. The van der Waals surface area contributed by atoms with Crippen LogP contribution >= 0.6 is 0 Å². The molecule has 0 bridgehead atoms. The summed E-state index contributed by atoms with van der Waals surface area (Å²) in [6.07, 6.45) is 3.56. The Morgan fingerprint density at radius 2 is 2.00 bits per heavy atom. The minimum atomic E-state index is -0.0586. The van der Waals surface area contributed by atoms with Crippen LogP contribution in [0.1, 0.15) is 17.5 Å². The molecule has 2 aromatic rings. The summed E-state index contributed by atoms with van der Waals surface area (Å²) >= 11 is 0. The van der Waals surface area contributed by atoms with Gasteiger partial charge in [0, 0.05) is 39.1 Å². The average Bonchev–Trinajstić information content (AvgIpc) is 2.96. The Bertz CT molecular complexity index is 598. The number of aryl methyl sites for hydroxylation is 1. The highest BCUT2D eigenvalue weighted by atomic mass is 16.2. The lowest BCUT2D eigenvalue weighted by Crippen LogP contribution is -2.40. The number of amides is 1. The number of hydrogen-bond acceptors (Lipinski definition) is 4. The smallest absolute Gasteiger partial charge is 0.291 e. The molecule has 18 heavy (non-hydrogen) atoms. The molecule has 0 radical (unpaired) electrons. The molecule has 2 aromatic heterocycles. The van der Waals surface area contributed by atoms with Crippen molar-refractivity contribution in [2.45, 2.75) is 13.5 Å². The summed E-state index contributed by atoms with van der Waals surface area (Å²) in [6.45, 7) is 4.06. The summed E-state index contributed by atoms with van der Waals surface area (Å²) in [5, 5.41) is 8.10. The van der Waals surface area contributed by atoms with Crippen molar-refractivity contribution < 1.29 is 4.79 Å². The number of carbonyl (C=O) groups excluding carboxylic acids is 1. The topological polar surface area (TPSA) is 68.8 Å². The second-order valence-corrected chi connectivity index (χ2v) is 4.25. The molecule has 1 amide bonds. The van der Waals surface area contributed by atoms with Gasteiger partial charge in [-0.15, -0.1) is 10.2 Å². The fourth-order valence-corrected chi connectivity index (χ4v) is 2.18. The molecule has 7 heteroatoms. The van der Waals surface area contributed by atoms with E-state index in [4.69, 9.17) is 0 Å². The van der Waals surface area contributed by atoms with E-state index in [0.29, 0.717) is 31.3 Å². The van der Waals surface area contributed by atoms with Gasteiger partial charge >= 0.3 is 0 Å². The zero-order chi connectivity index (χ0) is 12.7. The third-order valence-electron chi connectivity index (χ3n) is 3.23. The van der Waals surface area contributed by atoms with Crippen molar-refractivity contribution in [1.29, 1.82) is 0 Å². The van der Waals surface area contributed by atoms with Gasteiger partial charge in [-0.3, -0.25) is 9.36 Å². The van der Waals surface area contributed by atoms with Gasteiger partial charge in [0.2, 0.25) is 11.6 Å². The summed E-state index contributed by atoms with van der Waals surface area (Å²) in [5.41, 5.74) is 0. The van der Waals surface area contributed by atoms with Gasteiger partial charge in [-0.2, -0.15) is 0 Å². The summed E-state index contributed by atoms with van der Waals surface area (Å²) in [6, 6.07) is 0. The lowest BCUT2D eigenvalue weighted by Gasteiger charge is -2.26. The van der Waals surface area contributed by atoms with E-state index < -0.39 is 0 Å². The van der Waals surface area contributed by atoms with E-state index in [9.17, 15) is 4.79 Å². The molecule has 7 nitrogen and oxygen atoms in total. The Labute approximate surface area is 104 Å². The van der Waals surface area contributed by atoms with Crippen LogP contribution in [0.4, 0.5) is 0 Å². The minimum Gasteiger partial charge on any atom is -0.334 e. The van der Waals surface area contributed by atoms with Crippen LogP contribution < -0.4 is 0 Å². The van der Waals surface area contributed by atoms with Crippen LogP contribution in [0.25, 0.3) is 11.6 Å². The molecule has 94 valence electrons. The Balaban J connectivity index is 2.07. The molecule has 0 unspecified atom stereocenters. The largest absolute Gasteiger partial charge is 0.334 e. The van der Waals surface area contributed by atoms with Crippen molar-refractivity contribution in [2.75, 3.05) is 13.1 Å². The van der Waals surface area contributed by atoms with Crippen molar-refractivity contribution in [2.24, 2.45) is 7.05 Å². The second kappa shape index (κ2) is 3.94. The van der Waals surface area contributed by atoms with Crippen LogP contribution in [0.15, 0.2) is 12.4 Å². The highest BCUT2D eigenvalue weighted by Gasteiger charge is 2.29. The predicted molar refractivity (Wildman–Crippen MR) is 63.8 cm³/mol. The Morgan fingerprint density at radius 3 is 2.67 bits per heavy atom. The molecule has 0 N–H and O–H groups in total. The van der Waals surface area contributed by atoms with E-state index in [2.05, 4.69) is 15.2 Å². The molecule has 1 aliphatic heterocycles. The van der Waals surface area contributed by atoms with Crippen molar-refractivity contribution in [3.8, 4) is 11.6 Å². The lowest BCUT2D eigenvalue weighted by molar-refractivity contribution is 0.0707. The van der Waals surface area contributed by atoms with E-state index >= 15 is 0 Å². The molecular weight excluding hydrogens is 232 g/mol. The number of rotatable bonds is 2. The van der Waals surface area contributed by atoms with Crippen molar-refractivity contribution in [3.05, 3.63) is 18.2 Å². The first-order valence-electron chi connectivity index (χ1n) is 5.92. The molecule has 0 aromatic carbocycles. The van der Waals surface area contributed by atoms with Crippen LogP contribution in [0.5, 0.6) is 0 Å². The minimum absolute atomic E-state index is 0.0586. The molecule has 0 spiro atoms.